The van der Waals surface area contributed by atoms with Crippen LogP contribution in [-0.2, 0) is 11.3 Å². The van der Waals surface area contributed by atoms with Crippen molar-refractivity contribution in [3.05, 3.63) is 58.9 Å². The highest BCUT2D eigenvalue weighted by molar-refractivity contribution is 6.31. The average molecular weight is 335 g/mol. The van der Waals surface area contributed by atoms with Crippen LogP contribution in [0.5, 0.6) is 0 Å². The molecule has 2 aromatic rings. The topological polar surface area (TPSA) is 77.2 Å². The first-order valence-electron chi connectivity index (χ1n) is 7.28. The number of aromatic amines is 1. The monoisotopic (exact) mass is 334 g/mol. The van der Waals surface area contributed by atoms with E-state index in [4.69, 9.17) is 11.6 Å². The molecule has 3 N–H and O–H groups in total. The van der Waals surface area contributed by atoms with Crippen molar-refractivity contribution in [2.24, 2.45) is 0 Å². The highest BCUT2D eigenvalue weighted by atomic mass is 35.5. The van der Waals surface area contributed by atoms with Gasteiger partial charge >= 0.3 is 0 Å². The number of hydrogen-bond donors (Lipinski definition) is 3. The number of H-pyrrole nitrogens is 1. The second kappa shape index (κ2) is 8.36. The zero-order valence-electron chi connectivity index (χ0n) is 12.8. The number of nitrogens with zero attached hydrogens (tertiary/aromatic N) is 1. The molecular formula is C16H19ClN4O2. The molecule has 0 radical (unpaired) electrons. The molecule has 7 heteroatoms. The number of carbonyl (C=O) groups excluding carboxylic acids is 2. The number of aromatic nitrogens is 1. The maximum absolute atomic E-state index is 12.0. The van der Waals surface area contributed by atoms with E-state index in [0.717, 1.165) is 5.56 Å². The van der Waals surface area contributed by atoms with Crippen LogP contribution in [0.4, 0.5) is 0 Å². The number of rotatable bonds is 6. The minimum absolute atomic E-state index is 0.159. The van der Waals surface area contributed by atoms with Crippen molar-refractivity contribution in [1.82, 2.24) is 20.7 Å². The first-order valence-corrected chi connectivity index (χ1v) is 7.66. The number of nitrogens with one attached hydrogen (secondary N) is 3. The molecule has 0 atom stereocenters. The SMILES string of the molecule is CCN(CC(=O)NNC(=O)c1ccc[nH]1)Cc1ccccc1Cl. The van der Waals surface area contributed by atoms with Crippen molar-refractivity contribution in [3.8, 4) is 0 Å². The van der Waals surface area contributed by atoms with Gasteiger partial charge in [-0.05, 0) is 30.3 Å². The van der Waals surface area contributed by atoms with Crippen LogP contribution in [0, 0.1) is 0 Å². The molecule has 0 spiro atoms. The summed E-state index contributed by atoms with van der Waals surface area (Å²) in [7, 11) is 0. The van der Waals surface area contributed by atoms with Gasteiger partial charge in [0.15, 0.2) is 0 Å². The third kappa shape index (κ3) is 5.12. The van der Waals surface area contributed by atoms with Gasteiger partial charge in [-0.1, -0.05) is 36.7 Å². The van der Waals surface area contributed by atoms with E-state index < -0.39 is 5.91 Å². The van der Waals surface area contributed by atoms with E-state index in [0.29, 0.717) is 23.8 Å². The lowest BCUT2D eigenvalue weighted by Crippen LogP contribution is -2.46. The lowest BCUT2D eigenvalue weighted by molar-refractivity contribution is -0.123. The van der Waals surface area contributed by atoms with Crippen LogP contribution in [0.3, 0.4) is 0 Å². The molecule has 2 amide bonds. The molecule has 0 fully saturated rings. The van der Waals surface area contributed by atoms with Crippen LogP contribution < -0.4 is 10.9 Å². The molecule has 0 bridgehead atoms. The van der Waals surface area contributed by atoms with Crippen LogP contribution in [0.1, 0.15) is 23.0 Å². The van der Waals surface area contributed by atoms with Crippen molar-refractivity contribution in [2.75, 3.05) is 13.1 Å². The van der Waals surface area contributed by atoms with E-state index in [-0.39, 0.29) is 12.5 Å². The highest BCUT2D eigenvalue weighted by Crippen LogP contribution is 2.16. The van der Waals surface area contributed by atoms with Gasteiger partial charge in [-0.25, -0.2) is 0 Å². The Balaban J connectivity index is 1.83. The van der Waals surface area contributed by atoms with Gasteiger partial charge in [-0.2, -0.15) is 0 Å². The molecule has 0 aliphatic carbocycles. The Hall–Kier alpha value is -2.31. The van der Waals surface area contributed by atoms with Crippen molar-refractivity contribution < 1.29 is 9.59 Å². The van der Waals surface area contributed by atoms with Crippen LogP contribution in [0.25, 0.3) is 0 Å². The first kappa shape index (κ1) is 17.1. The van der Waals surface area contributed by atoms with Gasteiger partial charge in [0.05, 0.1) is 6.54 Å². The summed E-state index contributed by atoms with van der Waals surface area (Å²) in [5.74, 6) is -0.684. The summed E-state index contributed by atoms with van der Waals surface area (Å²) >= 11 is 6.13. The quantitative estimate of drug-likeness (QED) is 0.707. The lowest BCUT2D eigenvalue weighted by Gasteiger charge is -2.20. The molecule has 0 unspecified atom stereocenters. The molecule has 0 aliphatic heterocycles. The molecule has 2 rings (SSSR count). The Morgan fingerprint density at radius 1 is 1.17 bits per heavy atom. The zero-order valence-corrected chi connectivity index (χ0v) is 13.6. The van der Waals surface area contributed by atoms with E-state index >= 15 is 0 Å². The molecule has 1 aromatic heterocycles. The van der Waals surface area contributed by atoms with Crippen molar-refractivity contribution in [3.63, 3.8) is 0 Å². The molecular weight excluding hydrogens is 316 g/mol. The Labute approximate surface area is 139 Å². The first-order chi connectivity index (χ1) is 11.1. The predicted octanol–water partition coefficient (Wildman–Crippen LogP) is 1.95. The van der Waals surface area contributed by atoms with E-state index in [1.54, 1.807) is 18.3 Å². The number of hydrogen-bond acceptors (Lipinski definition) is 3. The molecule has 23 heavy (non-hydrogen) atoms. The highest BCUT2D eigenvalue weighted by Gasteiger charge is 2.12. The fourth-order valence-corrected chi connectivity index (χ4v) is 2.25. The molecule has 1 aromatic carbocycles. The summed E-state index contributed by atoms with van der Waals surface area (Å²) in [6.07, 6.45) is 1.64. The maximum Gasteiger partial charge on any atom is 0.286 e. The predicted molar refractivity (Wildman–Crippen MR) is 88.8 cm³/mol. The van der Waals surface area contributed by atoms with Gasteiger partial charge in [-0.15, -0.1) is 0 Å². The summed E-state index contributed by atoms with van der Waals surface area (Å²) < 4.78 is 0. The van der Waals surface area contributed by atoms with Crippen LogP contribution >= 0.6 is 11.6 Å². The van der Waals surface area contributed by atoms with Gasteiger partial charge in [0, 0.05) is 17.8 Å². The third-order valence-corrected chi connectivity index (χ3v) is 3.69. The summed E-state index contributed by atoms with van der Waals surface area (Å²) in [4.78, 5) is 28.4. The fraction of sp³-hybridized carbons (Fsp3) is 0.250. The Morgan fingerprint density at radius 2 is 1.96 bits per heavy atom. The largest absolute Gasteiger partial charge is 0.357 e. The molecule has 0 saturated heterocycles. The van der Waals surface area contributed by atoms with E-state index in [2.05, 4.69) is 15.8 Å². The molecule has 6 nitrogen and oxygen atoms in total. The Kier molecular flexibility index (Phi) is 6.19. The second-order valence-electron chi connectivity index (χ2n) is 4.98. The molecule has 0 saturated carbocycles. The van der Waals surface area contributed by atoms with Crippen LogP contribution in [0.15, 0.2) is 42.6 Å². The van der Waals surface area contributed by atoms with Gasteiger partial charge in [0.1, 0.15) is 5.69 Å². The number of amides is 2. The average Bonchev–Trinajstić information content (AvgIpc) is 3.08. The van der Waals surface area contributed by atoms with Gasteiger partial charge in [0.2, 0.25) is 0 Å². The van der Waals surface area contributed by atoms with Gasteiger partial charge in [0.25, 0.3) is 11.8 Å². The number of hydrazine groups is 1. The summed E-state index contributed by atoms with van der Waals surface area (Å²) in [6, 6.07) is 10.9. The van der Waals surface area contributed by atoms with E-state index in [9.17, 15) is 9.59 Å². The van der Waals surface area contributed by atoms with Crippen molar-refractivity contribution in [2.45, 2.75) is 13.5 Å². The Bertz CT molecular complexity index is 658. The summed E-state index contributed by atoms with van der Waals surface area (Å²) in [5, 5.41) is 0.673. The van der Waals surface area contributed by atoms with Crippen molar-refractivity contribution in [1.29, 1.82) is 0 Å². The van der Waals surface area contributed by atoms with Crippen molar-refractivity contribution >= 4 is 23.4 Å². The summed E-state index contributed by atoms with van der Waals surface area (Å²) in [5.41, 5.74) is 6.11. The number of carbonyl (C=O) groups is 2. The summed E-state index contributed by atoms with van der Waals surface area (Å²) in [6.45, 7) is 3.37. The number of likely N-dealkylation sites (N-methyl/N-ethyl adjacent to an activating group) is 1. The maximum atomic E-state index is 12.0. The Morgan fingerprint density at radius 3 is 2.61 bits per heavy atom. The standard InChI is InChI=1S/C16H19ClN4O2/c1-2-21(10-12-6-3-4-7-13(12)17)11-15(22)19-20-16(23)14-8-5-9-18-14/h3-9,18H,2,10-11H2,1H3,(H,19,22)(H,20,23). The van der Waals surface area contributed by atoms with E-state index in [1.807, 2.05) is 36.1 Å². The molecule has 1 heterocycles. The normalized spacial score (nSPS) is 10.6. The lowest BCUT2D eigenvalue weighted by atomic mass is 10.2. The number of halogens is 1. The minimum Gasteiger partial charge on any atom is -0.357 e. The fourth-order valence-electron chi connectivity index (χ4n) is 2.06. The zero-order chi connectivity index (χ0) is 16.7. The van der Waals surface area contributed by atoms with Crippen LogP contribution in [-0.4, -0.2) is 34.8 Å². The van der Waals surface area contributed by atoms with Gasteiger partial charge < -0.3 is 4.98 Å². The molecule has 122 valence electrons. The minimum atomic E-state index is -0.391. The molecule has 0 aliphatic rings. The van der Waals surface area contributed by atoms with Crippen LogP contribution in [0.2, 0.25) is 5.02 Å². The smallest absolute Gasteiger partial charge is 0.286 e. The third-order valence-electron chi connectivity index (χ3n) is 3.32. The van der Waals surface area contributed by atoms with Gasteiger partial charge in [-0.3, -0.25) is 25.3 Å². The van der Waals surface area contributed by atoms with E-state index in [1.165, 1.54) is 0 Å². The number of benzene rings is 1. The second-order valence-corrected chi connectivity index (χ2v) is 5.39.